The van der Waals surface area contributed by atoms with Gasteiger partial charge >= 0.3 is 0 Å². The summed E-state index contributed by atoms with van der Waals surface area (Å²) in [5.74, 6) is 1.10. The highest BCUT2D eigenvalue weighted by molar-refractivity contribution is 8.01. The minimum atomic E-state index is 0. The Morgan fingerprint density at radius 1 is 1.17 bits per heavy atom. The molecule has 1 aromatic heterocycles. The number of nitrogens with two attached hydrogens (primary N) is 1. The summed E-state index contributed by atoms with van der Waals surface area (Å²) in [7, 11) is 0. The van der Waals surface area contributed by atoms with Crippen molar-refractivity contribution in [2.75, 3.05) is 49.1 Å². The van der Waals surface area contributed by atoms with Crippen LogP contribution in [0.4, 0.5) is 10.8 Å². The SMILES string of the molecule is Cc1nc(N)sc1SCCN1CCN(c2ccccc2)CC1.Cl. The van der Waals surface area contributed by atoms with Crippen LogP contribution in [0.25, 0.3) is 0 Å². The van der Waals surface area contributed by atoms with Crippen molar-refractivity contribution in [2.24, 2.45) is 0 Å². The highest BCUT2D eigenvalue weighted by Crippen LogP contribution is 2.30. The predicted molar refractivity (Wildman–Crippen MR) is 104 cm³/mol. The number of benzene rings is 1. The predicted octanol–water partition coefficient (Wildman–Crippen LogP) is 3.37. The van der Waals surface area contributed by atoms with Crippen LogP contribution in [-0.4, -0.2) is 48.4 Å². The van der Waals surface area contributed by atoms with Gasteiger partial charge in [0.2, 0.25) is 0 Å². The summed E-state index contributed by atoms with van der Waals surface area (Å²) < 4.78 is 1.26. The zero-order chi connectivity index (χ0) is 15.4. The van der Waals surface area contributed by atoms with E-state index in [4.69, 9.17) is 5.73 Å². The number of thiazole rings is 1. The normalized spacial score (nSPS) is 15.4. The zero-order valence-corrected chi connectivity index (χ0v) is 15.7. The van der Waals surface area contributed by atoms with Crippen LogP contribution in [0.2, 0.25) is 0 Å². The number of nitrogen functional groups attached to an aromatic ring is 1. The third kappa shape index (κ3) is 5.01. The van der Waals surface area contributed by atoms with Crippen LogP contribution < -0.4 is 10.6 Å². The Kier molecular flexibility index (Phi) is 7.02. The summed E-state index contributed by atoms with van der Waals surface area (Å²) in [4.78, 5) is 9.29. The van der Waals surface area contributed by atoms with Gasteiger partial charge in [-0.1, -0.05) is 29.5 Å². The average molecular weight is 371 g/mol. The van der Waals surface area contributed by atoms with E-state index in [9.17, 15) is 0 Å². The van der Waals surface area contributed by atoms with Crippen molar-refractivity contribution in [1.29, 1.82) is 0 Å². The molecule has 126 valence electrons. The molecule has 0 radical (unpaired) electrons. The van der Waals surface area contributed by atoms with Crippen LogP contribution in [0.3, 0.4) is 0 Å². The van der Waals surface area contributed by atoms with E-state index in [0.29, 0.717) is 5.13 Å². The van der Waals surface area contributed by atoms with Crippen LogP contribution in [0, 0.1) is 6.92 Å². The molecule has 0 amide bonds. The Balaban J connectivity index is 0.00000192. The maximum absolute atomic E-state index is 5.74. The summed E-state index contributed by atoms with van der Waals surface area (Å²) in [5.41, 5.74) is 8.15. The quantitative estimate of drug-likeness (QED) is 0.817. The molecule has 0 spiro atoms. The fourth-order valence-corrected chi connectivity index (χ4v) is 4.77. The van der Waals surface area contributed by atoms with Gasteiger partial charge in [0.15, 0.2) is 5.13 Å². The van der Waals surface area contributed by atoms with Crippen molar-refractivity contribution in [3.8, 4) is 0 Å². The molecule has 0 atom stereocenters. The maximum atomic E-state index is 5.74. The minimum Gasteiger partial charge on any atom is -0.375 e. The van der Waals surface area contributed by atoms with E-state index < -0.39 is 0 Å². The van der Waals surface area contributed by atoms with Gasteiger partial charge < -0.3 is 10.6 Å². The maximum Gasteiger partial charge on any atom is 0.181 e. The monoisotopic (exact) mass is 370 g/mol. The minimum absolute atomic E-state index is 0. The Hall–Kier alpha value is -0.950. The molecule has 1 fully saturated rings. The van der Waals surface area contributed by atoms with Gasteiger partial charge in [-0.2, -0.15) is 0 Å². The van der Waals surface area contributed by atoms with Crippen molar-refractivity contribution in [1.82, 2.24) is 9.88 Å². The Morgan fingerprint density at radius 3 is 2.48 bits per heavy atom. The topological polar surface area (TPSA) is 45.4 Å². The molecule has 1 saturated heterocycles. The summed E-state index contributed by atoms with van der Waals surface area (Å²) >= 11 is 3.48. The van der Waals surface area contributed by atoms with Crippen molar-refractivity contribution in [2.45, 2.75) is 11.1 Å². The second-order valence-corrected chi connectivity index (χ2v) is 7.83. The molecule has 3 rings (SSSR count). The molecule has 23 heavy (non-hydrogen) atoms. The Morgan fingerprint density at radius 2 is 1.87 bits per heavy atom. The van der Waals surface area contributed by atoms with Crippen molar-refractivity contribution >= 4 is 46.3 Å². The lowest BCUT2D eigenvalue weighted by molar-refractivity contribution is 0.273. The van der Waals surface area contributed by atoms with Crippen molar-refractivity contribution in [3.05, 3.63) is 36.0 Å². The Bertz CT molecular complexity index is 597. The molecule has 0 bridgehead atoms. The van der Waals surface area contributed by atoms with Crippen LogP contribution >= 0.6 is 35.5 Å². The van der Waals surface area contributed by atoms with Gasteiger partial charge in [0.1, 0.15) is 0 Å². The second-order valence-electron chi connectivity index (χ2n) is 5.44. The molecule has 2 N–H and O–H groups in total. The molecule has 0 unspecified atom stereocenters. The van der Waals surface area contributed by atoms with Crippen LogP contribution in [0.15, 0.2) is 34.5 Å². The molecule has 1 aromatic carbocycles. The number of hydrogen-bond donors (Lipinski definition) is 1. The third-order valence-corrected chi connectivity index (χ3v) is 6.23. The molecule has 0 saturated carbocycles. The third-order valence-electron chi connectivity index (χ3n) is 3.90. The molecule has 1 aliphatic heterocycles. The lowest BCUT2D eigenvalue weighted by Crippen LogP contribution is -2.47. The van der Waals surface area contributed by atoms with Gasteiger partial charge in [0, 0.05) is 44.2 Å². The smallest absolute Gasteiger partial charge is 0.181 e. The first kappa shape index (κ1) is 18.4. The molecule has 7 heteroatoms. The number of halogens is 1. The number of anilines is 2. The first-order valence-corrected chi connectivity index (χ1v) is 9.40. The Labute approximate surface area is 152 Å². The van der Waals surface area contributed by atoms with E-state index in [0.717, 1.165) is 44.2 Å². The van der Waals surface area contributed by atoms with E-state index in [1.54, 1.807) is 11.3 Å². The summed E-state index contributed by atoms with van der Waals surface area (Å²) in [6.07, 6.45) is 0. The molecule has 4 nitrogen and oxygen atoms in total. The fraction of sp³-hybridized carbons (Fsp3) is 0.438. The molecule has 2 heterocycles. The van der Waals surface area contributed by atoms with Gasteiger partial charge in [-0.3, -0.25) is 4.90 Å². The number of hydrogen-bond acceptors (Lipinski definition) is 6. The van der Waals surface area contributed by atoms with E-state index in [-0.39, 0.29) is 12.4 Å². The molecule has 0 aliphatic carbocycles. The average Bonchev–Trinajstić information content (AvgIpc) is 2.87. The molecule has 2 aromatic rings. The van der Waals surface area contributed by atoms with Gasteiger partial charge in [-0.25, -0.2) is 4.98 Å². The molecular formula is C16H23ClN4S2. The summed E-state index contributed by atoms with van der Waals surface area (Å²) in [6, 6.07) is 10.7. The van der Waals surface area contributed by atoms with E-state index in [1.807, 2.05) is 18.7 Å². The number of piperazine rings is 1. The zero-order valence-electron chi connectivity index (χ0n) is 13.3. The second kappa shape index (κ2) is 8.78. The summed E-state index contributed by atoms with van der Waals surface area (Å²) in [6.45, 7) is 7.67. The molecular weight excluding hydrogens is 348 g/mol. The van der Waals surface area contributed by atoms with Gasteiger partial charge in [0.05, 0.1) is 9.90 Å². The number of thioether (sulfide) groups is 1. The lowest BCUT2D eigenvalue weighted by Gasteiger charge is -2.36. The standard InChI is InChI=1S/C16H22N4S2.ClH/c1-13-15(22-16(17)18-13)21-12-11-19-7-9-20(10-8-19)14-5-3-2-4-6-14;/h2-6H,7-12H2,1H3,(H2,17,18);1H. The number of aromatic nitrogens is 1. The van der Waals surface area contributed by atoms with Crippen LogP contribution in [0.1, 0.15) is 5.69 Å². The van der Waals surface area contributed by atoms with Gasteiger partial charge in [-0.05, 0) is 19.1 Å². The number of nitrogens with zero attached hydrogens (tertiary/aromatic N) is 3. The first-order chi connectivity index (χ1) is 10.7. The number of para-hydroxylation sites is 1. The fourth-order valence-electron chi connectivity index (χ4n) is 2.67. The van der Waals surface area contributed by atoms with Gasteiger partial charge in [0.25, 0.3) is 0 Å². The lowest BCUT2D eigenvalue weighted by atomic mass is 10.2. The van der Waals surface area contributed by atoms with Crippen LogP contribution in [0.5, 0.6) is 0 Å². The summed E-state index contributed by atoms with van der Waals surface area (Å²) in [5, 5.41) is 0.677. The highest BCUT2D eigenvalue weighted by atomic mass is 35.5. The largest absolute Gasteiger partial charge is 0.375 e. The van der Waals surface area contributed by atoms with E-state index in [1.165, 1.54) is 9.90 Å². The highest BCUT2D eigenvalue weighted by Gasteiger charge is 2.17. The van der Waals surface area contributed by atoms with Crippen molar-refractivity contribution < 1.29 is 0 Å². The number of rotatable bonds is 5. The first-order valence-electron chi connectivity index (χ1n) is 7.60. The number of aryl methyl sites for hydroxylation is 1. The van der Waals surface area contributed by atoms with E-state index >= 15 is 0 Å². The van der Waals surface area contributed by atoms with Gasteiger partial charge in [-0.15, -0.1) is 24.2 Å². The molecule has 1 aliphatic rings. The van der Waals surface area contributed by atoms with E-state index in [2.05, 4.69) is 45.1 Å². The van der Waals surface area contributed by atoms with Crippen molar-refractivity contribution in [3.63, 3.8) is 0 Å². The van der Waals surface area contributed by atoms with Crippen LogP contribution in [-0.2, 0) is 0 Å².